The lowest BCUT2D eigenvalue weighted by Crippen LogP contribution is -2.50. The van der Waals surface area contributed by atoms with Crippen LogP contribution in [-0.2, 0) is 11.3 Å². The summed E-state index contributed by atoms with van der Waals surface area (Å²) < 4.78 is 7.34. The molecule has 0 spiro atoms. The van der Waals surface area contributed by atoms with Crippen molar-refractivity contribution in [1.82, 2.24) is 25.0 Å². The Labute approximate surface area is 182 Å². The third kappa shape index (κ3) is 4.71. The summed E-state index contributed by atoms with van der Waals surface area (Å²) >= 11 is 0. The third-order valence-corrected chi connectivity index (χ3v) is 5.83. The molecule has 2 aliphatic rings. The molecule has 4 heterocycles. The van der Waals surface area contributed by atoms with Crippen LogP contribution in [0.3, 0.4) is 0 Å². The van der Waals surface area contributed by atoms with E-state index < -0.39 is 0 Å². The van der Waals surface area contributed by atoms with Gasteiger partial charge >= 0.3 is 0 Å². The summed E-state index contributed by atoms with van der Waals surface area (Å²) in [4.78, 5) is 34.2. The lowest BCUT2D eigenvalue weighted by atomic mass is 10.2. The molecule has 0 saturated carbocycles. The smallest absolute Gasteiger partial charge is 0.272 e. The molecule has 1 atom stereocenters. The highest BCUT2D eigenvalue weighted by atomic mass is 16.5. The predicted octanol–water partition coefficient (Wildman–Crippen LogP) is 1.48. The van der Waals surface area contributed by atoms with E-state index in [1.54, 1.807) is 23.0 Å². The lowest BCUT2D eigenvalue weighted by molar-refractivity contribution is 0.0733. The van der Waals surface area contributed by atoms with E-state index in [-0.39, 0.29) is 17.9 Å². The lowest BCUT2D eigenvalue weighted by Gasteiger charge is -2.36. The van der Waals surface area contributed by atoms with Crippen molar-refractivity contribution in [2.45, 2.75) is 39.3 Å². The fraction of sp³-hybridized carbons (Fsp3) is 0.545. The van der Waals surface area contributed by atoms with E-state index in [1.165, 1.54) is 0 Å². The summed E-state index contributed by atoms with van der Waals surface area (Å²) in [5.41, 5.74) is 2.02. The average Bonchev–Trinajstić information content (AvgIpc) is 3.46. The number of nitrogens with zero attached hydrogens (tertiary/aromatic N) is 5. The van der Waals surface area contributed by atoms with Crippen LogP contribution in [0.1, 0.15) is 46.3 Å². The topological polar surface area (TPSA) is 92.6 Å². The molecule has 0 radical (unpaired) electrons. The first-order valence-corrected chi connectivity index (χ1v) is 11.0. The monoisotopic (exact) mass is 426 g/mol. The second-order valence-electron chi connectivity index (χ2n) is 7.99. The average molecular weight is 427 g/mol. The fourth-order valence-electron chi connectivity index (χ4n) is 4.18. The maximum absolute atomic E-state index is 13.0. The SMILES string of the molecule is CCn1nc(C)cc1C(=O)N1CCN(c2ncccc2C(=O)NC[C@H]2CCCO2)CC1. The van der Waals surface area contributed by atoms with Gasteiger partial charge in [-0.1, -0.05) is 0 Å². The van der Waals surface area contributed by atoms with Gasteiger partial charge in [0.2, 0.25) is 0 Å². The van der Waals surface area contributed by atoms with Gasteiger partial charge in [0, 0.05) is 52.1 Å². The van der Waals surface area contributed by atoms with Crippen molar-refractivity contribution in [3.05, 3.63) is 41.3 Å². The van der Waals surface area contributed by atoms with E-state index in [4.69, 9.17) is 4.74 Å². The first-order valence-electron chi connectivity index (χ1n) is 11.0. The maximum Gasteiger partial charge on any atom is 0.272 e. The number of ether oxygens (including phenoxy) is 1. The Morgan fingerprint density at radius 3 is 2.77 bits per heavy atom. The summed E-state index contributed by atoms with van der Waals surface area (Å²) in [5.74, 6) is 0.519. The number of pyridine rings is 1. The van der Waals surface area contributed by atoms with Crippen LogP contribution >= 0.6 is 0 Å². The molecule has 0 aliphatic carbocycles. The van der Waals surface area contributed by atoms with Gasteiger partial charge in [0.15, 0.2) is 0 Å². The zero-order valence-corrected chi connectivity index (χ0v) is 18.2. The van der Waals surface area contributed by atoms with Crippen LogP contribution < -0.4 is 10.2 Å². The predicted molar refractivity (Wildman–Crippen MR) is 116 cm³/mol. The summed E-state index contributed by atoms with van der Waals surface area (Å²) in [6, 6.07) is 5.42. The molecule has 9 heteroatoms. The Balaban J connectivity index is 1.39. The van der Waals surface area contributed by atoms with Gasteiger partial charge in [0.1, 0.15) is 11.5 Å². The second-order valence-corrected chi connectivity index (χ2v) is 7.99. The Morgan fingerprint density at radius 2 is 2.06 bits per heavy atom. The molecule has 9 nitrogen and oxygen atoms in total. The van der Waals surface area contributed by atoms with Crippen LogP contribution in [0.4, 0.5) is 5.82 Å². The van der Waals surface area contributed by atoms with Crippen molar-refractivity contribution < 1.29 is 14.3 Å². The fourth-order valence-corrected chi connectivity index (χ4v) is 4.18. The molecule has 31 heavy (non-hydrogen) atoms. The van der Waals surface area contributed by atoms with E-state index in [0.29, 0.717) is 56.3 Å². The number of nitrogens with one attached hydrogen (secondary N) is 1. The van der Waals surface area contributed by atoms with E-state index in [0.717, 1.165) is 25.1 Å². The number of piperazine rings is 1. The number of hydrogen-bond acceptors (Lipinski definition) is 6. The summed E-state index contributed by atoms with van der Waals surface area (Å²) in [7, 11) is 0. The molecule has 2 saturated heterocycles. The minimum Gasteiger partial charge on any atom is -0.376 e. The van der Waals surface area contributed by atoms with Gasteiger partial charge in [-0.05, 0) is 44.9 Å². The van der Waals surface area contributed by atoms with Crippen LogP contribution in [0.5, 0.6) is 0 Å². The molecule has 2 fully saturated rings. The first-order chi connectivity index (χ1) is 15.1. The van der Waals surface area contributed by atoms with Crippen molar-refractivity contribution in [2.24, 2.45) is 0 Å². The highest BCUT2D eigenvalue weighted by molar-refractivity contribution is 5.99. The van der Waals surface area contributed by atoms with Gasteiger partial charge in [-0.3, -0.25) is 14.3 Å². The summed E-state index contributed by atoms with van der Waals surface area (Å²) in [6.07, 6.45) is 3.82. The standard InChI is InChI=1S/C22H30N6O3/c1-3-28-19(14-16(2)25-28)22(30)27-11-9-26(10-12-27)20-18(7-4-8-23-20)21(29)24-15-17-6-5-13-31-17/h4,7-8,14,17H,3,5-6,9-13,15H2,1-2H3,(H,24,29)/t17-/m1/s1. The van der Waals surface area contributed by atoms with Gasteiger partial charge in [-0.25, -0.2) is 4.98 Å². The molecular formula is C22H30N6O3. The zero-order chi connectivity index (χ0) is 21.8. The molecule has 2 aromatic heterocycles. The van der Waals surface area contributed by atoms with E-state index in [2.05, 4.69) is 20.3 Å². The number of carbonyl (C=O) groups excluding carboxylic acids is 2. The van der Waals surface area contributed by atoms with Crippen LogP contribution in [0, 0.1) is 6.92 Å². The molecule has 2 aromatic rings. The van der Waals surface area contributed by atoms with Crippen LogP contribution in [-0.4, -0.2) is 76.9 Å². The van der Waals surface area contributed by atoms with Gasteiger partial charge in [0.05, 0.1) is 17.4 Å². The third-order valence-electron chi connectivity index (χ3n) is 5.83. The number of anilines is 1. The number of rotatable bonds is 6. The van der Waals surface area contributed by atoms with Crippen molar-refractivity contribution in [2.75, 3.05) is 44.2 Å². The van der Waals surface area contributed by atoms with Gasteiger partial charge in [0.25, 0.3) is 11.8 Å². The highest BCUT2D eigenvalue weighted by Crippen LogP contribution is 2.20. The van der Waals surface area contributed by atoms with Crippen LogP contribution in [0.25, 0.3) is 0 Å². The maximum atomic E-state index is 13.0. The van der Waals surface area contributed by atoms with Crippen molar-refractivity contribution in [3.8, 4) is 0 Å². The van der Waals surface area contributed by atoms with E-state index >= 15 is 0 Å². The molecule has 0 unspecified atom stereocenters. The van der Waals surface area contributed by atoms with Gasteiger partial charge in [-0.15, -0.1) is 0 Å². The van der Waals surface area contributed by atoms with Gasteiger partial charge in [-0.2, -0.15) is 5.10 Å². The van der Waals surface area contributed by atoms with Crippen molar-refractivity contribution in [1.29, 1.82) is 0 Å². The molecule has 1 N–H and O–H groups in total. The Kier molecular flexibility index (Phi) is 6.50. The summed E-state index contributed by atoms with van der Waals surface area (Å²) in [5, 5.41) is 7.36. The number of aromatic nitrogens is 3. The molecule has 2 amide bonds. The van der Waals surface area contributed by atoms with E-state index in [9.17, 15) is 9.59 Å². The zero-order valence-electron chi connectivity index (χ0n) is 18.2. The quantitative estimate of drug-likeness (QED) is 0.752. The van der Waals surface area contributed by atoms with Crippen molar-refractivity contribution in [3.63, 3.8) is 0 Å². The normalized spacial score (nSPS) is 19.0. The minimum atomic E-state index is -0.139. The Hall–Kier alpha value is -2.94. The molecule has 2 aliphatic heterocycles. The number of hydrogen-bond donors (Lipinski definition) is 1. The van der Waals surface area contributed by atoms with Crippen molar-refractivity contribution >= 4 is 17.6 Å². The number of carbonyl (C=O) groups is 2. The molecule has 166 valence electrons. The van der Waals surface area contributed by atoms with E-state index in [1.807, 2.05) is 24.8 Å². The highest BCUT2D eigenvalue weighted by Gasteiger charge is 2.27. The molecule has 0 bridgehead atoms. The summed E-state index contributed by atoms with van der Waals surface area (Å²) in [6.45, 7) is 8.19. The largest absolute Gasteiger partial charge is 0.376 e. The van der Waals surface area contributed by atoms with Crippen LogP contribution in [0.15, 0.2) is 24.4 Å². The molecular weight excluding hydrogens is 396 g/mol. The first kappa shape index (κ1) is 21.3. The van der Waals surface area contributed by atoms with Crippen LogP contribution in [0.2, 0.25) is 0 Å². The minimum absolute atomic E-state index is 0.00218. The Bertz CT molecular complexity index is 929. The molecule has 4 rings (SSSR count). The Morgan fingerprint density at radius 1 is 1.26 bits per heavy atom. The molecule has 0 aromatic carbocycles. The number of aryl methyl sites for hydroxylation is 2. The second kappa shape index (κ2) is 9.47. The van der Waals surface area contributed by atoms with Gasteiger partial charge < -0.3 is 19.9 Å². The number of amides is 2.